The van der Waals surface area contributed by atoms with Gasteiger partial charge in [-0.15, -0.1) is 0 Å². The van der Waals surface area contributed by atoms with Crippen LogP contribution in [0.2, 0.25) is 0 Å². The van der Waals surface area contributed by atoms with Crippen LogP contribution in [0.3, 0.4) is 0 Å². The summed E-state index contributed by atoms with van der Waals surface area (Å²) in [4.78, 5) is 12.1. The van der Waals surface area contributed by atoms with Gasteiger partial charge < -0.3 is 14.6 Å². The number of hydrogen-bond acceptors (Lipinski definition) is 3. The fourth-order valence-electron chi connectivity index (χ4n) is 4.73. The van der Waals surface area contributed by atoms with Crippen LogP contribution in [0.5, 0.6) is 11.5 Å². The summed E-state index contributed by atoms with van der Waals surface area (Å²) >= 11 is 0. The fourth-order valence-corrected chi connectivity index (χ4v) is 4.73. The van der Waals surface area contributed by atoms with Crippen molar-refractivity contribution in [2.24, 2.45) is 5.41 Å². The largest absolute Gasteiger partial charge is 0.493 e. The summed E-state index contributed by atoms with van der Waals surface area (Å²) in [6.45, 7) is 8.66. The summed E-state index contributed by atoms with van der Waals surface area (Å²) in [5.74, 6) is 0.365. The monoisotopic (exact) mass is 358 g/mol. The predicted molar refractivity (Wildman–Crippen MR) is 103 cm³/mol. The number of aliphatic carboxylic acids is 1. The molecule has 0 aromatic heterocycles. The Kier molecular flexibility index (Phi) is 4.80. The molecule has 1 N–H and O–H groups in total. The van der Waals surface area contributed by atoms with Gasteiger partial charge in [0.2, 0.25) is 0 Å². The van der Waals surface area contributed by atoms with Gasteiger partial charge in [-0.05, 0) is 48.2 Å². The van der Waals surface area contributed by atoms with Crippen molar-refractivity contribution in [3.8, 4) is 11.5 Å². The number of fused-ring (bicyclic) bond motifs is 2. The third kappa shape index (κ3) is 2.80. The lowest BCUT2D eigenvalue weighted by molar-refractivity contribution is -0.138. The lowest BCUT2D eigenvalue weighted by atomic mass is 9.63. The first-order valence-corrected chi connectivity index (χ1v) is 9.47. The first-order chi connectivity index (χ1) is 12.2. The van der Waals surface area contributed by atoms with Gasteiger partial charge in [0.05, 0.1) is 20.1 Å². The molecule has 0 saturated heterocycles. The van der Waals surface area contributed by atoms with Gasteiger partial charge in [-0.1, -0.05) is 39.3 Å². The molecule has 26 heavy (non-hydrogen) atoms. The molecular weight excluding hydrogens is 328 g/mol. The molecule has 1 atom stereocenters. The number of carboxylic acids is 1. The molecule has 2 aliphatic carbocycles. The number of allylic oxidation sites excluding steroid dienone is 2. The van der Waals surface area contributed by atoms with Crippen LogP contribution in [0.1, 0.15) is 81.9 Å². The third-order valence-electron chi connectivity index (χ3n) is 6.12. The molecule has 0 fully saturated rings. The van der Waals surface area contributed by atoms with E-state index < -0.39 is 11.9 Å². The quantitative estimate of drug-likeness (QED) is 0.787. The Bertz CT molecular complexity index is 771. The van der Waals surface area contributed by atoms with Gasteiger partial charge in [-0.25, -0.2) is 0 Å². The zero-order valence-electron chi connectivity index (χ0n) is 16.7. The molecule has 1 aromatic rings. The Labute approximate surface area is 156 Å². The van der Waals surface area contributed by atoms with E-state index in [1.807, 2.05) is 6.07 Å². The van der Waals surface area contributed by atoms with E-state index in [1.54, 1.807) is 14.2 Å². The van der Waals surface area contributed by atoms with E-state index in [-0.39, 0.29) is 11.3 Å². The highest BCUT2D eigenvalue weighted by Gasteiger charge is 2.41. The van der Waals surface area contributed by atoms with Gasteiger partial charge in [0, 0.05) is 11.1 Å². The molecule has 3 rings (SSSR count). The van der Waals surface area contributed by atoms with Crippen molar-refractivity contribution >= 4 is 11.5 Å². The van der Waals surface area contributed by atoms with E-state index in [1.165, 1.54) is 11.1 Å². The van der Waals surface area contributed by atoms with Gasteiger partial charge >= 0.3 is 5.97 Å². The molecule has 4 nitrogen and oxygen atoms in total. The Morgan fingerprint density at radius 3 is 2.42 bits per heavy atom. The molecule has 0 radical (unpaired) electrons. The van der Waals surface area contributed by atoms with E-state index in [2.05, 4.69) is 27.7 Å². The Hall–Kier alpha value is -1.97. The van der Waals surface area contributed by atoms with Crippen LogP contribution >= 0.6 is 0 Å². The second-order valence-electron chi connectivity index (χ2n) is 8.44. The summed E-state index contributed by atoms with van der Waals surface area (Å²) in [6.07, 6.45) is 3.77. The zero-order chi connectivity index (χ0) is 19.2. The summed E-state index contributed by atoms with van der Waals surface area (Å²) in [5.41, 5.74) is 5.44. The molecule has 1 unspecified atom stereocenters. The Morgan fingerprint density at radius 1 is 1.23 bits per heavy atom. The van der Waals surface area contributed by atoms with Crippen LogP contribution in [0, 0.1) is 5.41 Å². The molecule has 2 aliphatic rings. The smallest absolute Gasteiger partial charge is 0.311 e. The van der Waals surface area contributed by atoms with Crippen molar-refractivity contribution in [3.63, 3.8) is 0 Å². The molecule has 1 aromatic carbocycles. The number of hydrogen-bond donors (Lipinski definition) is 1. The minimum Gasteiger partial charge on any atom is -0.493 e. The molecule has 0 bridgehead atoms. The first-order valence-electron chi connectivity index (χ1n) is 9.47. The minimum atomic E-state index is -0.763. The zero-order valence-corrected chi connectivity index (χ0v) is 16.7. The number of ether oxygens (including phenoxy) is 2. The maximum Gasteiger partial charge on any atom is 0.311 e. The molecule has 0 aliphatic heterocycles. The fraction of sp³-hybridized carbons (Fsp3) is 0.591. The number of carboxylic acid groups (broad SMARTS) is 1. The predicted octanol–water partition coefficient (Wildman–Crippen LogP) is 5.36. The van der Waals surface area contributed by atoms with Crippen molar-refractivity contribution in [3.05, 3.63) is 28.3 Å². The number of carbonyl (C=O) groups is 1. The van der Waals surface area contributed by atoms with Crippen molar-refractivity contribution in [2.45, 2.75) is 65.2 Å². The lowest BCUT2D eigenvalue weighted by Crippen LogP contribution is -2.29. The molecule has 0 heterocycles. The van der Waals surface area contributed by atoms with Gasteiger partial charge in [0.25, 0.3) is 0 Å². The van der Waals surface area contributed by atoms with Crippen LogP contribution in [-0.4, -0.2) is 25.3 Å². The third-order valence-corrected chi connectivity index (χ3v) is 6.12. The van der Waals surface area contributed by atoms with Crippen molar-refractivity contribution in [2.75, 3.05) is 14.2 Å². The van der Waals surface area contributed by atoms with Crippen LogP contribution in [0.15, 0.2) is 11.6 Å². The average molecular weight is 358 g/mol. The van der Waals surface area contributed by atoms with Crippen LogP contribution in [0.25, 0.3) is 5.57 Å². The number of methoxy groups -OCH3 is 2. The summed E-state index contributed by atoms with van der Waals surface area (Å²) < 4.78 is 11.5. The van der Waals surface area contributed by atoms with Crippen molar-refractivity contribution in [1.82, 2.24) is 0 Å². The minimum absolute atomic E-state index is 0.0218. The molecule has 0 spiro atoms. The summed E-state index contributed by atoms with van der Waals surface area (Å²) in [5, 5.41) is 9.97. The topological polar surface area (TPSA) is 55.8 Å². The molecule has 0 saturated carbocycles. The second kappa shape index (κ2) is 6.64. The highest BCUT2D eigenvalue weighted by Crippen LogP contribution is 2.56. The normalized spacial score (nSPS) is 21.3. The van der Waals surface area contributed by atoms with Crippen LogP contribution < -0.4 is 9.47 Å². The van der Waals surface area contributed by atoms with Crippen molar-refractivity contribution < 1.29 is 19.4 Å². The second-order valence-corrected chi connectivity index (χ2v) is 8.44. The maximum atomic E-state index is 12.1. The standard InChI is InChI=1S/C22H30O4/c1-12(2)14-10-15-16(21(23)24)11-17-13(8-7-9-22(17,3)4)18(15)20(26-6)19(14)25-5/h10,12,16H,7-9,11H2,1-6H3,(H,23,24). The van der Waals surface area contributed by atoms with Crippen molar-refractivity contribution in [1.29, 1.82) is 0 Å². The van der Waals surface area contributed by atoms with E-state index in [9.17, 15) is 9.90 Å². The first kappa shape index (κ1) is 18.8. The summed E-state index contributed by atoms with van der Waals surface area (Å²) in [7, 11) is 3.31. The molecule has 4 heteroatoms. The lowest BCUT2D eigenvalue weighted by Gasteiger charge is -2.41. The number of rotatable bonds is 4. The highest BCUT2D eigenvalue weighted by atomic mass is 16.5. The molecule has 0 amide bonds. The SMILES string of the molecule is COc1c(C(C)C)cc2c(c1OC)C1=C(CC2C(=O)O)C(C)(C)CCC1. The van der Waals surface area contributed by atoms with E-state index in [0.29, 0.717) is 12.2 Å². The van der Waals surface area contributed by atoms with Gasteiger partial charge in [0.1, 0.15) is 0 Å². The number of benzene rings is 1. The van der Waals surface area contributed by atoms with Gasteiger partial charge in [-0.2, -0.15) is 0 Å². The van der Waals surface area contributed by atoms with Gasteiger partial charge in [-0.3, -0.25) is 4.79 Å². The molecule has 142 valence electrons. The molecular formula is C22H30O4. The van der Waals surface area contributed by atoms with Crippen LogP contribution in [0.4, 0.5) is 0 Å². The van der Waals surface area contributed by atoms with E-state index in [4.69, 9.17) is 9.47 Å². The maximum absolute atomic E-state index is 12.1. The Morgan fingerprint density at radius 2 is 1.88 bits per heavy atom. The van der Waals surface area contributed by atoms with E-state index >= 15 is 0 Å². The highest BCUT2D eigenvalue weighted by molar-refractivity contribution is 5.89. The van der Waals surface area contributed by atoms with Crippen LogP contribution in [-0.2, 0) is 4.79 Å². The van der Waals surface area contributed by atoms with Gasteiger partial charge in [0.15, 0.2) is 11.5 Å². The Balaban J connectivity index is 2.39. The average Bonchev–Trinajstić information content (AvgIpc) is 2.58. The summed E-state index contributed by atoms with van der Waals surface area (Å²) in [6, 6.07) is 2.05. The van der Waals surface area contributed by atoms with E-state index in [0.717, 1.165) is 41.7 Å².